The molecule has 7 nitrogen and oxygen atoms in total. The Morgan fingerprint density at radius 3 is 2.61 bits per heavy atom. The number of nitrogens with one attached hydrogen (secondary N) is 1. The first-order valence-electron chi connectivity index (χ1n) is 12.9. The van der Waals surface area contributed by atoms with Crippen LogP contribution in [0.5, 0.6) is 0 Å². The molecule has 2 aromatic heterocycles. The fourth-order valence-corrected chi connectivity index (χ4v) is 4.95. The maximum absolute atomic E-state index is 14.9. The highest BCUT2D eigenvalue weighted by molar-refractivity contribution is 6.31. The van der Waals surface area contributed by atoms with Crippen molar-refractivity contribution in [1.82, 2.24) is 14.9 Å². The first kappa shape index (κ1) is 29.6. The van der Waals surface area contributed by atoms with E-state index in [0.717, 1.165) is 31.3 Å². The number of fused-ring (bicyclic) bond motifs is 1. The van der Waals surface area contributed by atoms with Crippen molar-refractivity contribution in [3.05, 3.63) is 69.1 Å². The van der Waals surface area contributed by atoms with Crippen LogP contribution in [0.4, 0.5) is 10.1 Å². The number of pyridine rings is 2. The number of aromatic nitrogens is 2. The molecule has 9 heteroatoms. The third-order valence-corrected chi connectivity index (χ3v) is 7.43. The lowest BCUT2D eigenvalue weighted by atomic mass is 9.85. The Balaban J connectivity index is 1.57. The second-order valence-electron chi connectivity index (χ2n) is 10.3. The van der Waals surface area contributed by atoms with Gasteiger partial charge in [0, 0.05) is 44.3 Å². The molecule has 1 aliphatic rings. The van der Waals surface area contributed by atoms with Crippen LogP contribution < -0.4 is 15.8 Å². The Kier molecular flexibility index (Phi) is 10.3. The van der Waals surface area contributed by atoms with Gasteiger partial charge in [0.1, 0.15) is 18.1 Å². The van der Waals surface area contributed by atoms with Crippen LogP contribution in [0.3, 0.4) is 0 Å². The molecule has 1 aliphatic carbocycles. The van der Waals surface area contributed by atoms with E-state index in [9.17, 15) is 14.0 Å². The van der Waals surface area contributed by atoms with Gasteiger partial charge >= 0.3 is 0 Å². The lowest BCUT2D eigenvalue weighted by molar-refractivity contribution is -0.120. The van der Waals surface area contributed by atoms with E-state index in [-0.39, 0.29) is 17.9 Å². The molecule has 0 saturated heterocycles. The number of nitrogens with zero attached hydrogens (tertiary/aromatic N) is 3. The zero-order chi connectivity index (χ0) is 28.0. The lowest BCUT2D eigenvalue weighted by Gasteiger charge is -2.33. The predicted octanol–water partition coefficient (Wildman–Crippen LogP) is 5.24. The van der Waals surface area contributed by atoms with Gasteiger partial charge in [0.05, 0.1) is 17.2 Å². The van der Waals surface area contributed by atoms with Crippen LogP contribution >= 0.6 is 11.6 Å². The van der Waals surface area contributed by atoms with Crippen LogP contribution in [-0.4, -0.2) is 48.1 Å². The van der Waals surface area contributed by atoms with Crippen molar-refractivity contribution >= 4 is 34.1 Å². The summed E-state index contributed by atoms with van der Waals surface area (Å²) in [6, 6.07) is 3.46. The van der Waals surface area contributed by atoms with E-state index >= 15 is 0 Å². The van der Waals surface area contributed by atoms with Gasteiger partial charge in [-0.15, -0.1) is 0 Å². The van der Waals surface area contributed by atoms with Gasteiger partial charge < -0.3 is 19.5 Å². The summed E-state index contributed by atoms with van der Waals surface area (Å²) >= 11 is 6.51. The summed E-state index contributed by atoms with van der Waals surface area (Å²) in [5, 5.41) is 4.16. The molecule has 1 saturated carbocycles. The van der Waals surface area contributed by atoms with Gasteiger partial charge in [-0.05, 0) is 75.7 Å². The number of rotatable bonds is 11. The molecule has 0 spiro atoms. The van der Waals surface area contributed by atoms with Crippen LogP contribution in [0.25, 0.3) is 11.0 Å². The van der Waals surface area contributed by atoms with E-state index in [0.29, 0.717) is 58.1 Å². The van der Waals surface area contributed by atoms with Crippen LogP contribution in [-0.2, 0) is 16.6 Å². The zero-order valence-electron chi connectivity index (χ0n) is 22.9. The van der Waals surface area contributed by atoms with Crippen LogP contribution in [0.1, 0.15) is 46.5 Å². The number of ketones is 1. The smallest absolute Gasteiger partial charge is 0.250 e. The van der Waals surface area contributed by atoms with Gasteiger partial charge in [-0.3, -0.25) is 14.6 Å². The molecule has 3 rings (SSSR count). The first-order valence-corrected chi connectivity index (χ1v) is 13.3. The molecule has 1 N–H and O–H groups in total. The summed E-state index contributed by atoms with van der Waals surface area (Å²) in [4.78, 5) is 29.5. The molecule has 0 aromatic carbocycles. The molecule has 2 aromatic rings. The van der Waals surface area contributed by atoms with Crippen LogP contribution in [0.2, 0.25) is 0 Å². The minimum Gasteiger partial charge on any atom is -0.486 e. The summed E-state index contributed by atoms with van der Waals surface area (Å²) in [5.41, 5.74) is 3.02. The van der Waals surface area contributed by atoms with Crippen LogP contribution in [0.15, 0.2) is 57.7 Å². The molecule has 38 heavy (non-hydrogen) atoms. The van der Waals surface area contributed by atoms with E-state index in [1.54, 1.807) is 19.2 Å². The number of hydrogen-bond acceptors (Lipinski definition) is 6. The van der Waals surface area contributed by atoms with Crippen LogP contribution in [0, 0.1) is 11.7 Å². The highest BCUT2D eigenvalue weighted by Gasteiger charge is 2.24. The molecule has 0 amide bonds. The van der Waals surface area contributed by atoms with E-state index in [1.165, 1.54) is 23.8 Å². The van der Waals surface area contributed by atoms with Crippen molar-refractivity contribution in [1.29, 1.82) is 0 Å². The Hall–Kier alpha value is -2.97. The van der Waals surface area contributed by atoms with Crippen molar-refractivity contribution in [2.75, 3.05) is 31.6 Å². The normalized spacial score (nSPS) is 18.8. The van der Waals surface area contributed by atoms with E-state index in [4.69, 9.17) is 16.3 Å². The molecule has 0 unspecified atom stereocenters. The molecular weight excluding hydrogens is 507 g/mol. The Morgan fingerprint density at radius 1 is 1.29 bits per heavy atom. The van der Waals surface area contributed by atoms with Crippen molar-refractivity contribution in [2.45, 2.75) is 52.5 Å². The molecule has 206 valence electrons. The Bertz CT molecular complexity index is 1310. The van der Waals surface area contributed by atoms with Gasteiger partial charge in [-0.25, -0.2) is 4.39 Å². The third kappa shape index (κ3) is 7.54. The van der Waals surface area contributed by atoms with Crippen molar-refractivity contribution in [3.63, 3.8) is 0 Å². The highest BCUT2D eigenvalue weighted by Crippen LogP contribution is 2.31. The first-order chi connectivity index (χ1) is 18.0. The van der Waals surface area contributed by atoms with Gasteiger partial charge in [0.25, 0.3) is 5.56 Å². The number of ether oxygens (including phenoxy) is 1. The second-order valence-corrected chi connectivity index (χ2v) is 10.7. The van der Waals surface area contributed by atoms with E-state index in [1.807, 2.05) is 25.8 Å². The van der Waals surface area contributed by atoms with Gasteiger partial charge in [-0.1, -0.05) is 18.2 Å². The molecule has 0 aliphatic heterocycles. The topological polar surface area (TPSA) is 76.5 Å². The number of aryl methyl sites for hydroxylation is 1. The average molecular weight is 545 g/mol. The summed E-state index contributed by atoms with van der Waals surface area (Å²) in [6.45, 7) is 10.5. The minimum absolute atomic E-state index is 0.0132. The molecule has 1 fully saturated rings. The maximum atomic E-state index is 14.9. The molecular formula is C29H38ClFN4O3. The maximum Gasteiger partial charge on any atom is 0.250 e. The third-order valence-electron chi connectivity index (χ3n) is 6.99. The number of Topliss-reactive ketones (excluding diaryl/α,β-unsaturated/α-hetero) is 1. The molecule has 0 radical (unpaired) electrons. The summed E-state index contributed by atoms with van der Waals surface area (Å²) in [5.74, 6) is 0.433. The number of halogens is 2. The summed E-state index contributed by atoms with van der Waals surface area (Å²) in [7, 11) is 3.53. The van der Waals surface area contributed by atoms with Crippen molar-refractivity contribution in [2.24, 2.45) is 13.0 Å². The van der Waals surface area contributed by atoms with E-state index in [2.05, 4.69) is 16.9 Å². The summed E-state index contributed by atoms with van der Waals surface area (Å²) in [6.07, 6.45) is 6.99. The monoisotopic (exact) mass is 544 g/mol. The lowest BCUT2D eigenvalue weighted by Crippen LogP contribution is -2.37. The minimum atomic E-state index is -0.425. The quantitative estimate of drug-likeness (QED) is 0.308. The Labute approximate surface area is 229 Å². The fourth-order valence-electron chi connectivity index (χ4n) is 4.79. The summed E-state index contributed by atoms with van der Waals surface area (Å²) < 4.78 is 21.9. The Morgan fingerprint density at radius 2 is 1.97 bits per heavy atom. The fraction of sp³-hybridized carbons (Fsp3) is 0.483. The van der Waals surface area contributed by atoms with Crippen molar-refractivity contribution in [3.8, 4) is 0 Å². The number of carbonyl (C=O) groups excluding carboxylic acids is 1. The standard InChI is InChI=1S/C29H38ClFN4O3/c1-18(2)26(38-17-20(4)36)13-23(30)19(3)14-32-22-9-7-21(8-10-22)16-34(5)28-24(31)15-33-25-11-12-27(37)35(6)29(25)28/h11-13,15,21-22,32H,1,7-10,14,16-17H2,2-6H3/b23-19-,26-13+. The average Bonchev–Trinajstić information content (AvgIpc) is 2.87. The molecule has 2 heterocycles. The predicted molar refractivity (Wildman–Crippen MR) is 152 cm³/mol. The number of carbonyl (C=O) groups is 1. The second kappa shape index (κ2) is 13.2. The number of allylic oxidation sites excluding steroid dienone is 3. The van der Waals surface area contributed by atoms with E-state index < -0.39 is 5.82 Å². The SMILES string of the molecule is C=C(C)/C(=C\C(Cl)=C(/C)CNC1CCC(CN(C)c2c(F)cnc3ccc(=O)n(C)c23)CC1)OCC(C)=O. The highest BCUT2D eigenvalue weighted by atomic mass is 35.5. The van der Waals surface area contributed by atoms with Gasteiger partial charge in [0.2, 0.25) is 0 Å². The van der Waals surface area contributed by atoms with Gasteiger partial charge in [0.15, 0.2) is 11.6 Å². The van der Waals surface area contributed by atoms with Crippen molar-refractivity contribution < 1.29 is 13.9 Å². The zero-order valence-corrected chi connectivity index (χ0v) is 23.7. The number of anilines is 1. The molecule has 0 bridgehead atoms. The van der Waals surface area contributed by atoms with Gasteiger partial charge in [-0.2, -0.15) is 0 Å². The largest absolute Gasteiger partial charge is 0.486 e. The number of hydrogen-bond donors (Lipinski definition) is 1. The molecule has 0 atom stereocenters.